The van der Waals surface area contributed by atoms with E-state index in [0.717, 1.165) is 0 Å². The molecule has 4 heteroatoms. The number of rotatable bonds is 3. The molecule has 0 saturated heterocycles. The van der Waals surface area contributed by atoms with E-state index in [0.29, 0.717) is 0 Å². The predicted octanol–water partition coefficient (Wildman–Crippen LogP) is -0.493. The van der Waals surface area contributed by atoms with Gasteiger partial charge in [-0.1, -0.05) is 0 Å². The normalized spacial score (nSPS) is 15.7. The number of nitrogens with one attached hydrogen (secondary N) is 1. The molecule has 9 heavy (non-hydrogen) atoms. The van der Waals surface area contributed by atoms with Crippen LogP contribution in [0.15, 0.2) is 0 Å². The lowest BCUT2D eigenvalue weighted by Crippen LogP contribution is -2.49. The van der Waals surface area contributed by atoms with Crippen LogP contribution in [0.5, 0.6) is 0 Å². The summed E-state index contributed by atoms with van der Waals surface area (Å²) in [6.45, 7) is 5.35. The molecule has 4 nitrogen and oxygen atoms in total. The highest BCUT2D eigenvalue weighted by atomic mass is 16.5. The maximum atomic E-state index is 5.34. The molecule has 0 fully saturated rings. The second kappa shape index (κ2) is 3.12. The first-order valence-electron chi connectivity index (χ1n) is 2.89. The van der Waals surface area contributed by atoms with Crippen LogP contribution in [0.4, 0.5) is 0 Å². The molecule has 0 saturated carbocycles. The third-order valence-electron chi connectivity index (χ3n) is 0.828. The minimum Gasteiger partial charge on any atom is -0.342 e. The van der Waals surface area contributed by atoms with Gasteiger partial charge in [-0.2, -0.15) is 0 Å². The molecular formula is C5H15N3O. The van der Waals surface area contributed by atoms with Gasteiger partial charge in [-0.05, 0) is 20.8 Å². The number of hydrazine groups is 1. The Balaban J connectivity index is 3.58. The first kappa shape index (κ1) is 8.84. The van der Waals surface area contributed by atoms with E-state index in [1.807, 2.05) is 0 Å². The van der Waals surface area contributed by atoms with Gasteiger partial charge in [0.25, 0.3) is 0 Å². The van der Waals surface area contributed by atoms with Crippen molar-refractivity contribution >= 4 is 0 Å². The first-order valence-corrected chi connectivity index (χ1v) is 2.89. The Morgan fingerprint density at radius 1 is 1.56 bits per heavy atom. The van der Waals surface area contributed by atoms with Crippen molar-refractivity contribution in [1.82, 2.24) is 5.43 Å². The molecule has 0 bridgehead atoms. The second-order valence-corrected chi connectivity index (χ2v) is 2.48. The zero-order valence-corrected chi connectivity index (χ0v) is 6.14. The maximum absolute atomic E-state index is 5.34. The molecule has 1 unspecified atom stereocenters. The van der Waals surface area contributed by atoms with Crippen LogP contribution in [0, 0.1) is 0 Å². The third-order valence-corrected chi connectivity index (χ3v) is 0.828. The van der Waals surface area contributed by atoms with Gasteiger partial charge in [0.15, 0.2) is 0 Å². The van der Waals surface area contributed by atoms with Crippen molar-refractivity contribution in [2.75, 3.05) is 0 Å². The molecule has 0 spiro atoms. The van der Waals surface area contributed by atoms with Gasteiger partial charge in [-0.25, -0.2) is 5.43 Å². The molecule has 0 radical (unpaired) electrons. The Bertz CT molecular complexity index is 82.3. The van der Waals surface area contributed by atoms with E-state index in [1.54, 1.807) is 20.8 Å². The van der Waals surface area contributed by atoms with E-state index < -0.39 is 5.72 Å². The van der Waals surface area contributed by atoms with Gasteiger partial charge in [0.2, 0.25) is 0 Å². The van der Waals surface area contributed by atoms with Gasteiger partial charge >= 0.3 is 0 Å². The van der Waals surface area contributed by atoms with Crippen LogP contribution in [-0.2, 0) is 4.74 Å². The van der Waals surface area contributed by atoms with E-state index in [4.69, 9.17) is 16.3 Å². The Hall–Kier alpha value is -0.160. The monoisotopic (exact) mass is 133 g/mol. The van der Waals surface area contributed by atoms with Crippen LogP contribution in [-0.4, -0.2) is 12.0 Å². The first-order chi connectivity index (χ1) is 3.98. The molecule has 0 aliphatic heterocycles. The topological polar surface area (TPSA) is 73.3 Å². The van der Waals surface area contributed by atoms with Crippen LogP contribution >= 0.6 is 0 Å². The zero-order chi connectivity index (χ0) is 7.49. The van der Waals surface area contributed by atoms with Gasteiger partial charge in [0.1, 0.15) is 12.0 Å². The highest BCUT2D eigenvalue weighted by Crippen LogP contribution is 2.02. The van der Waals surface area contributed by atoms with Crippen molar-refractivity contribution in [2.45, 2.75) is 32.7 Å². The molecule has 0 rings (SSSR count). The minimum atomic E-state index is -0.534. The Labute approximate surface area is 55.5 Å². The third kappa shape index (κ3) is 4.35. The highest BCUT2D eigenvalue weighted by Gasteiger charge is 2.16. The van der Waals surface area contributed by atoms with Gasteiger partial charge in [-0.15, -0.1) is 0 Å². The van der Waals surface area contributed by atoms with Crippen LogP contribution in [0.25, 0.3) is 0 Å². The smallest absolute Gasteiger partial charge is 0.127 e. The fourth-order valence-corrected chi connectivity index (χ4v) is 0.499. The van der Waals surface area contributed by atoms with E-state index in [9.17, 15) is 0 Å². The van der Waals surface area contributed by atoms with Gasteiger partial charge < -0.3 is 10.5 Å². The Morgan fingerprint density at radius 3 is 2.11 bits per heavy atom. The quantitative estimate of drug-likeness (QED) is 0.276. The van der Waals surface area contributed by atoms with Crippen molar-refractivity contribution in [3.8, 4) is 0 Å². The average Bonchev–Trinajstić information content (AvgIpc) is 1.63. The van der Waals surface area contributed by atoms with E-state index in [2.05, 4.69) is 5.43 Å². The molecule has 56 valence electrons. The molecule has 1 atom stereocenters. The summed E-state index contributed by atoms with van der Waals surface area (Å²) in [6.07, 6.45) is -0.295. The summed E-state index contributed by atoms with van der Waals surface area (Å²) < 4.78 is 5.13. The average molecular weight is 133 g/mol. The number of hydrogen-bond acceptors (Lipinski definition) is 4. The van der Waals surface area contributed by atoms with Gasteiger partial charge in [0, 0.05) is 0 Å². The fraction of sp³-hybridized carbons (Fsp3) is 1.00. The summed E-state index contributed by atoms with van der Waals surface area (Å²) in [7, 11) is 0. The Morgan fingerprint density at radius 2 is 2.00 bits per heavy atom. The van der Waals surface area contributed by atoms with E-state index >= 15 is 0 Å². The number of ether oxygens (including phenoxy) is 1. The summed E-state index contributed by atoms with van der Waals surface area (Å²) in [5.41, 5.74) is 7.27. The summed E-state index contributed by atoms with van der Waals surface area (Å²) in [6, 6.07) is 0. The molecule has 0 aromatic heterocycles. The lowest BCUT2D eigenvalue weighted by molar-refractivity contribution is -0.0821. The minimum absolute atomic E-state index is 0.295. The molecule has 0 aromatic carbocycles. The Kier molecular flexibility index (Phi) is 3.07. The van der Waals surface area contributed by atoms with Crippen molar-refractivity contribution in [2.24, 2.45) is 11.6 Å². The summed E-state index contributed by atoms with van der Waals surface area (Å²) in [5.74, 6) is 5.12. The zero-order valence-electron chi connectivity index (χ0n) is 6.14. The lowest BCUT2D eigenvalue weighted by atomic mass is 10.3. The molecule has 0 aliphatic carbocycles. The number of nitrogens with two attached hydrogens (primary N) is 2. The van der Waals surface area contributed by atoms with Crippen LogP contribution < -0.4 is 17.0 Å². The van der Waals surface area contributed by atoms with E-state index in [-0.39, 0.29) is 6.23 Å². The largest absolute Gasteiger partial charge is 0.342 e. The molecule has 0 aliphatic rings. The highest BCUT2D eigenvalue weighted by molar-refractivity contribution is 4.60. The maximum Gasteiger partial charge on any atom is 0.127 e. The van der Waals surface area contributed by atoms with Crippen molar-refractivity contribution in [1.29, 1.82) is 0 Å². The molecule has 0 heterocycles. The number of hydrogen-bond donors (Lipinski definition) is 3. The summed E-state index contributed by atoms with van der Waals surface area (Å²) in [5, 5.41) is 0. The fourth-order valence-electron chi connectivity index (χ4n) is 0.499. The molecule has 5 N–H and O–H groups in total. The van der Waals surface area contributed by atoms with Crippen LogP contribution in [0.1, 0.15) is 20.8 Å². The standard InChI is InChI=1S/C5H15N3O/c1-4(6)9-5(2,3)8-7/h4,8H,6-7H2,1-3H3. The van der Waals surface area contributed by atoms with Crippen LogP contribution in [0.3, 0.4) is 0 Å². The molecule has 0 amide bonds. The molecule has 0 aromatic rings. The lowest BCUT2D eigenvalue weighted by Gasteiger charge is -2.26. The second-order valence-electron chi connectivity index (χ2n) is 2.48. The van der Waals surface area contributed by atoms with Crippen LogP contribution in [0.2, 0.25) is 0 Å². The summed E-state index contributed by atoms with van der Waals surface area (Å²) >= 11 is 0. The molecular weight excluding hydrogens is 118 g/mol. The predicted molar refractivity (Wildman–Crippen MR) is 36.1 cm³/mol. The summed E-state index contributed by atoms with van der Waals surface area (Å²) in [4.78, 5) is 0. The van der Waals surface area contributed by atoms with Crippen molar-refractivity contribution < 1.29 is 4.74 Å². The van der Waals surface area contributed by atoms with Gasteiger partial charge in [-0.3, -0.25) is 5.84 Å². The van der Waals surface area contributed by atoms with Crippen molar-refractivity contribution in [3.63, 3.8) is 0 Å². The van der Waals surface area contributed by atoms with Gasteiger partial charge in [0.05, 0.1) is 0 Å². The van der Waals surface area contributed by atoms with E-state index in [1.165, 1.54) is 0 Å². The SMILES string of the molecule is CC(N)OC(C)(C)NN. The van der Waals surface area contributed by atoms with Crippen molar-refractivity contribution in [3.05, 3.63) is 0 Å².